The first-order valence-electron chi connectivity index (χ1n) is 10.7. The molecule has 0 aliphatic carbocycles. The summed E-state index contributed by atoms with van der Waals surface area (Å²) in [4.78, 5) is 26.8. The number of benzene rings is 2. The van der Waals surface area contributed by atoms with Crippen LogP contribution in [0.5, 0.6) is 11.5 Å². The maximum atomic E-state index is 12.7. The minimum Gasteiger partial charge on any atom is -0.494 e. The van der Waals surface area contributed by atoms with E-state index in [1.165, 1.54) is 0 Å². The van der Waals surface area contributed by atoms with E-state index < -0.39 is 0 Å². The van der Waals surface area contributed by atoms with E-state index in [9.17, 15) is 9.59 Å². The Morgan fingerprint density at radius 3 is 2.33 bits per heavy atom. The molecule has 2 aromatic carbocycles. The van der Waals surface area contributed by atoms with Crippen molar-refractivity contribution in [2.75, 3.05) is 30.0 Å². The molecule has 6 heteroatoms. The molecule has 1 saturated heterocycles. The third-order valence-electron chi connectivity index (χ3n) is 5.09. The molecule has 160 valence electrons. The number of nitrogens with one attached hydrogen (secondary N) is 1. The fourth-order valence-electron chi connectivity index (χ4n) is 3.44. The standard InChI is InChI=1S/C24H30N2O4/c1-3-5-6-15-30-22-11-7-19(8-12-22)25-24(28)18-16-23(27)26(17-18)20-9-13-21(14-10-20)29-4-2/h7-14,18H,3-6,15-17H2,1-2H3,(H,25,28)/t18-/m1/s1. The Labute approximate surface area is 178 Å². The molecule has 1 heterocycles. The smallest absolute Gasteiger partial charge is 0.229 e. The quantitative estimate of drug-likeness (QED) is 0.579. The predicted octanol–water partition coefficient (Wildman–Crippen LogP) is 4.65. The molecule has 3 rings (SSSR count). The van der Waals surface area contributed by atoms with Crippen molar-refractivity contribution in [1.82, 2.24) is 0 Å². The lowest BCUT2D eigenvalue weighted by atomic mass is 10.1. The van der Waals surface area contributed by atoms with Gasteiger partial charge < -0.3 is 19.7 Å². The van der Waals surface area contributed by atoms with Crippen LogP contribution < -0.4 is 19.7 Å². The van der Waals surface area contributed by atoms with Gasteiger partial charge in [-0.05, 0) is 61.9 Å². The number of carbonyl (C=O) groups excluding carboxylic acids is 2. The van der Waals surface area contributed by atoms with E-state index in [0.29, 0.717) is 25.4 Å². The van der Waals surface area contributed by atoms with Gasteiger partial charge in [0.2, 0.25) is 11.8 Å². The highest BCUT2D eigenvalue weighted by atomic mass is 16.5. The van der Waals surface area contributed by atoms with Crippen LogP contribution in [0.2, 0.25) is 0 Å². The second-order valence-electron chi connectivity index (χ2n) is 7.40. The number of nitrogens with zero attached hydrogens (tertiary/aromatic N) is 1. The first-order chi connectivity index (χ1) is 14.6. The summed E-state index contributed by atoms with van der Waals surface area (Å²) in [5.74, 6) is 0.986. The summed E-state index contributed by atoms with van der Waals surface area (Å²) in [6, 6.07) is 14.7. The van der Waals surface area contributed by atoms with Gasteiger partial charge in [-0.2, -0.15) is 0 Å². The fourth-order valence-corrected chi connectivity index (χ4v) is 3.44. The van der Waals surface area contributed by atoms with Gasteiger partial charge in [0.1, 0.15) is 11.5 Å². The molecule has 1 aliphatic rings. The van der Waals surface area contributed by atoms with Crippen molar-refractivity contribution < 1.29 is 19.1 Å². The van der Waals surface area contributed by atoms with Crippen molar-refractivity contribution in [2.45, 2.75) is 39.5 Å². The van der Waals surface area contributed by atoms with Crippen molar-refractivity contribution in [1.29, 1.82) is 0 Å². The summed E-state index contributed by atoms with van der Waals surface area (Å²) in [6.07, 6.45) is 3.56. The molecule has 0 saturated carbocycles. The highest BCUT2D eigenvalue weighted by Gasteiger charge is 2.35. The molecular formula is C24H30N2O4. The Bertz CT molecular complexity index is 833. The summed E-state index contributed by atoms with van der Waals surface area (Å²) in [5.41, 5.74) is 1.48. The van der Waals surface area contributed by atoms with Crippen LogP contribution in [-0.2, 0) is 9.59 Å². The third-order valence-corrected chi connectivity index (χ3v) is 5.09. The monoisotopic (exact) mass is 410 g/mol. The van der Waals surface area contributed by atoms with Gasteiger partial charge in [-0.1, -0.05) is 19.8 Å². The molecule has 2 aromatic rings. The van der Waals surface area contributed by atoms with E-state index in [1.807, 2.05) is 55.5 Å². The van der Waals surface area contributed by atoms with Gasteiger partial charge in [-0.3, -0.25) is 9.59 Å². The maximum Gasteiger partial charge on any atom is 0.229 e. The summed E-state index contributed by atoms with van der Waals surface area (Å²) in [5, 5.41) is 2.91. The lowest BCUT2D eigenvalue weighted by molar-refractivity contribution is -0.122. The van der Waals surface area contributed by atoms with Crippen LogP contribution in [0.25, 0.3) is 0 Å². The van der Waals surface area contributed by atoms with Crippen molar-refractivity contribution in [3.8, 4) is 11.5 Å². The van der Waals surface area contributed by atoms with E-state index in [-0.39, 0.29) is 24.2 Å². The number of carbonyl (C=O) groups is 2. The first-order valence-corrected chi connectivity index (χ1v) is 10.7. The molecule has 1 atom stereocenters. The summed E-state index contributed by atoms with van der Waals surface area (Å²) >= 11 is 0. The Morgan fingerprint density at radius 2 is 1.67 bits per heavy atom. The number of amides is 2. The molecule has 1 aliphatic heterocycles. The predicted molar refractivity (Wildman–Crippen MR) is 118 cm³/mol. The fraction of sp³-hybridized carbons (Fsp3) is 0.417. The lowest BCUT2D eigenvalue weighted by Crippen LogP contribution is -2.28. The van der Waals surface area contributed by atoms with Crippen LogP contribution in [0.1, 0.15) is 39.5 Å². The highest BCUT2D eigenvalue weighted by Crippen LogP contribution is 2.28. The number of hydrogen-bond acceptors (Lipinski definition) is 4. The number of ether oxygens (including phenoxy) is 2. The van der Waals surface area contributed by atoms with E-state index in [0.717, 1.165) is 36.4 Å². The second-order valence-corrected chi connectivity index (χ2v) is 7.40. The van der Waals surface area contributed by atoms with Gasteiger partial charge in [0.25, 0.3) is 0 Å². The van der Waals surface area contributed by atoms with Gasteiger partial charge in [0.15, 0.2) is 0 Å². The van der Waals surface area contributed by atoms with Gasteiger partial charge in [0.05, 0.1) is 19.1 Å². The zero-order valence-corrected chi connectivity index (χ0v) is 17.7. The van der Waals surface area contributed by atoms with Crippen LogP contribution >= 0.6 is 0 Å². The Kier molecular flexibility index (Phi) is 7.71. The van der Waals surface area contributed by atoms with Crippen LogP contribution in [-0.4, -0.2) is 31.6 Å². The zero-order chi connectivity index (χ0) is 21.3. The topological polar surface area (TPSA) is 67.9 Å². The summed E-state index contributed by atoms with van der Waals surface area (Å²) in [6.45, 7) is 5.75. The molecule has 1 N–H and O–H groups in total. The van der Waals surface area contributed by atoms with E-state index in [2.05, 4.69) is 12.2 Å². The molecule has 6 nitrogen and oxygen atoms in total. The van der Waals surface area contributed by atoms with E-state index >= 15 is 0 Å². The molecule has 30 heavy (non-hydrogen) atoms. The van der Waals surface area contributed by atoms with Crippen molar-refractivity contribution >= 4 is 23.2 Å². The molecule has 0 spiro atoms. The van der Waals surface area contributed by atoms with Crippen LogP contribution in [0.4, 0.5) is 11.4 Å². The largest absolute Gasteiger partial charge is 0.494 e. The molecule has 0 unspecified atom stereocenters. The van der Waals surface area contributed by atoms with Gasteiger partial charge in [-0.15, -0.1) is 0 Å². The Balaban J connectivity index is 1.53. The first kappa shape index (κ1) is 21.7. The lowest BCUT2D eigenvalue weighted by Gasteiger charge is -2.17. The van der Waals surface area contributed by atoms with E-state index in [4.69, 9.17) is 9.47 Å². The minimum atomic E-state index is -0.381. The summed E-state index contributed by atoms with van der Waals surface area (Å²) in [7, 11) is 0. The highest BCUT2D eigenvalue weighted by molar-refractivity contribution is 6.03. The number of hydrogen-bond donors (Lipinski definition) is 1. The second kappa shape index (κ2) is 10.7. The number of unbranched alkanes of at least 4 members (excludes halogenated alkanes) is 2. The average Bonchev–Trinajstić information content (AvgIpc) is 3.15. The van der Waals surface area contributed by atoms with Crippen molar-refractivity contribution in [3.63, 3.8) is 0 Å². The van der Waals surface area contributed by atoms with Gasteiger partial charge in [-0.25, -0.2) is 0 Å². The van der Waals surface area contributed by atoms with Crippen LogP contribution in [0.15, 0.2) is 48.5 Å². The Hall–Kier alpha value is -3.02. The van der Waals surface area contributed by atoms with Crippen LogP contribution in [0.3, 0.4) is 0 Å². The Morgan fingerprint density at radius 1 is 1.00 bits per heavy atom. The van der Waals surface area contributed by atoms with E-state index in [1.54, 1.807) is 4.90 Å². The van der Waals surface area contributed by atoms with Crippen molar-refractivity contribution in [2.24, 2.45) is 5.92 Å². The van der Waals surface area contributed by atoms with Crippen molar-refractivity contribution in [3.05, 3.63) is 48.5 Å². The van der Waals surface area contributed by atoms with Gasteiger partial charge in [0, 0.05) is 24.3 Å². The molecule has 0 radical (unpaired) electrons. The number of rotatable bonds is 10. The number of anilines is 2. The van der Waals surface area contributed by atoms with Gasteiger partial charge >= 0.3 is 0 Å². The molecular weight excluding hydrogens is 380 g/mol. The zero-order valence-electron chi connectivity index (χ0n) is 17.7. The molecule has 0 aromatic heterocycles. The third kappa shape index (κ3) is 5.75. The maximum absolute atomic E-state index is 12.7. The molecule has 0 bridgehead atoms. The SMILES string of the molecule is CCCCCOc1ccc(NC(=O)[C@@H]2CC(=O)N(c3ccc(OCC)cc3)C2)cc1. The molecule has 1 fully saturated rings. The normalized spacial score (nSPS) is 15.9. The summed E-state index contributed by atoms with van der Waals surface area (Å²) < 4.78 is 11.1. The van der Waals surface area contributed by atoms with Crippen LogP contribution in [0, 0.1) is 5.92 Å². The molecule has 2 amide bonds. The minimum absolute atomic E-state index is 0.0462. The average molecular weight is 411 g/mol.